The number of halogens is 2. The largest absolute Gasteiger partial charge is 0.309 e. The maximum absolute atomic E-state index is 12.1. The summed E-state index contributed by atoms with van der Waals surface area (Å²) < 4.78 is 1.89. The van der Waals surface area contributed by atoms with Crippen LogP contribution < -0.4 is 10.9 Å². The molecule has 0 aromatic carbocycles. The van der Waals surface area contributed by atoms with E-state index in [1.54, 1.807) is 0 Å². The van der Waals surface area contributed by atoms with Gasteiger partial charge in [-0.2, -0.15) is 0 Å². The monoisotopic (exact) mass is 274 g/mol. The quantitative estimate of drug-likeness (QED) is 0.898. The van der Waals surface area contributed by atoms with Gasteiger partial charge >= 0.3 is 0 Å². The molecule has 3 nitrogen and oxygen atoms in total. The number of fused-ring (bicyclic) bond motifs is 1. The molecule has 1 saturated carbocycles. The third kappa shape index (κ3) is 2.12. The van der Waals surface area contributed by atoms with Crippen molar-refractivity contribution >= 4 is 24.0 Å². The molecule has 0 radical (unpaired) electrons. The van der Waals surface area contributed by atoms with Gasteiger partial charge < -0.3 is 9.88 Å². The van der Waals surface area contributed by atoms with E-state index in [4.69, 9.17) is 11.6 Å². The lowest BCUT2D eigenvalue weighted by molar-refractivity contribution is 0.576. The van der Waals surface area contributed by atoms with Crippen LogP contribution in [0.25, 0.3) is 0 Å². The third-order valence-electron chi connectivity index (χ3n) is 3.62. The van der Waals surface area contributed by atoms with Crippen molar-refractivity contribution in [3.8, 4) is 0 Å². The zero-order valence-corrected chi connectivity index (χ0v) is 11.3. The predicted octanol–water partition coefficient (Wildman–Crippen LogP) is 2.25. The van der Waals surface area contributed by atoms with E-state index in [1.165, 1.54) is 18.4 Å². The Kier molecular flexibility index (Phi) is 3.53. The van der Waals surface area contributed by atoms with Crippen LogP contribution in [0.2, 0.25) is 5.02 Å². The number of aromatic nitrogens is 1. The van der Waals surface area contributed by atoms with Crippen LogP contribution >= 0.6 is 24.0 Å². The molecule has 1 aromatic heterocycles. The van der Waals surface area contributed by atoms with Crippen molar-refractivity contribution in [1.29, 1.82) is 0 Å². The Morgan fingerprint density at radius 1 is 1.41 bits per heavy atom. The van der Waals surface area contributed by atoms with Crippen molar-refractivity contribution in [1.82, 2.24) is 9.88 Å². The van der Waals surface area contributed by atoms with Gasteiger partial charge in [0.2, 0.25) is 0 Å². The number of nitrogens with one attached hydrogen (secondary N) is 1. The van der Waals surface area contributed by atoms with E-state index in [0.29, 0.717) is 10.9 Å². The Balaban J connectivity index is 0.00000108. The molecule has 2 heterocycles. The van der Waals surface area contributed by atoms with Gasteiger partial charge in [-0.05, 0) is 36.8 Å². The lowest BCUT2D eigenvalue weighted by Gasteiger charge is -2.14. The smallest absolute Gasteiger partial charge is 0.269 e. The molecule has 0 spiro atoms. The van der Waals surface area contributed by atoms with Gasteiger partial charge in [-0.1, -0.05) is 11.6 Å². The fraction of sp³-hybridized carbons (Fsp3) is 0.583. The Hall–Kier alpha value is -0.510. The van der Waals surface area contributed by atoms with Crippen LogP contribution in [0.1, 0.15) is 29.7 Å². The standard InChI is InChI=1S/C12H15ClN2O.ClH/c1-7-9-4-14-5-10(9)15(6-8-2-3-8)12(16)11(7)13;/h8,14H,2-6H2,1H3;1H. The number of hydrogen-bond acceptors (Lipinski definition) is 2. The van der Waals surface area contributed by atoms with Crippen LogP contribution in [0, 0.1) is 12.8 Å². The first-order valence-electron chi connectivity index (χ1n) is 5.80. The summed E-state index contributed by atoms with van der Waals surface area (Å²) in [6, 6.07) is 0. The number of pyridine rings is 1. The second-order valence-corrected chi connectivity index (χ2v) is 5.20. The average molecular weight is 275 g/mol. The van der Waals surface area contributed by atoms with Gasteiger partial charge in [-0.25, -0.2) is 0 Å². The van der Waals surface area contributed by atoms with Crippen LogP contribution in [0.3, 0.4) is 0 Å². The first-order valence-corrected chi connectivity index (χ1v) is 6.17. The van der Waals surface area contributed by atoms with Crippen LogP contribution in [0.15, 0.2) is 4.79 Å². The van der Waals surface area contributed by atoms with Gasteiger partial charge in [0.05, 0.1) is 0 Å². The lowest BCUT2D eigenvalue weighted by Crippen LogP contribution is -2.26. The van der Waals surface area contributed by atoms with Gasteiger partial charge in [-0.15, -0.1) is 12.4 Å². The van der Waals surface area contributed by atoms with Crippen molar-refractivity contribution in [2.24, 2.45) is 5.92 Å². The molecular formula is C12H16Cl2N2O. The zero-order valence-electron chi connectivity index (χ0n) is 9.75. The fourth-order valence-electron chi connectivity index (χ4n) is 2.41. The maximum Gasteiger partial charge on any atom is 0.269 e. The molecule has 1 aromatic rings. The molecule has 0 saturated heterocycles. The molecule has 0 bridgehead atoms. The maximum atomic E-state index is 12.1. The minimum Gasteiger partial charge on any atom is -0.309 e. The van der Waals surface area contributed by atoms with Crippen molar-refractivity contribution in [2.45, 2.75) is 39.4 Å². The predicted molar refractivity (Wildman–Crippen MR) is 71.0 cm³/mol. The van der Waals surface area contributed by atoms with Gasteiger partial charge in [0.1, 0.15) is 5.02 Å². The van der Waals surface area contributed by atoms with Crippen molar-refractivity contribution in [2.75, 3.05) is 0 Å². The summed E-state index contributed by atoms with van der Waals surface area (Å²) in [6.07, 6.45) is 2.50. The van der Waals surface area contributed by atoms with Crippen molar-refractivity contribution < 1.29 is 0 Å². The summed E-state index contributed by atoms with van der Waals surface area (Å²) in [5.41, 5.74) is 3.33. The molecule has 17 heavy (non-hydrogen) atoms. The molecule has 0 unspecified atom stereocenters. The topological polar surface area (TPSA) is 34.0 Å². The Labute approximate surface area is 112 Å². The highest BCUT2D eigenvalue weighted by molar-refractivity contribution is 6.31. The van der Waals surface area contributed by atoms with E-state index in [-0.39, 0.29) is 18.0 Å². The zero-order chi connectivity index (χ0) is 11.3. The Morgan fingerprint density at radius 2 is 2.12 bits per heavy atom. The van der Waals surface area contributed by atoms with Gasteiger partial charge in [0.15, 0.2) is 0 Å². The Morgan fingerprint density at radius 3 is 2.76 bits per heavy atom. The van der Waals surface area contributed by atoms with Crippen LogP contribution in [0.5, 0.6) is 0 Å². The molecule has 5 heteroatoms. The minimum atomic E-state index is -0.00600. The molecule has 94 valence electrons. The SMILES string of the molecule is Cc1c2c(n(CC3CC3)c(=O)c1Cl)CNC2.Cl. The molecule has 1 aliphatic carbocycles. The van der Waals surface area contributed by atoms with E-state index in [1.807, 2.05) is 11.5 Å². The highest BCUT2D eigenvalue weighted by Gasteiger charge is 2.27. The molecule has 3 rings (SSSR count). The van der Waals surface area contributed by atoms with E-state index in [9.17, 15) is 4.79 Å². The first kappa shape index (κ1) is 12.9. The molecule has 0 atom stereocenters. The number of rotatable bonds is 2. The third-order valence-corrected chi connectivity index (χ3v) is 4.07. The molecule has 1 N–H and O–H groups in total. The van der Waals surface area contributed by atoms with Crippen molar-refractivity contribution in [3.05, 3.63) is 32.2 Å². The van der Waals surface area contributed by atoms with Gasteiger partial charge in [0, 0.05) is 25.3 Å². The highest BCUT2D eigenvalue weighted by Crippen LogP contribution is 2.32. The summed E-state index contributed by atoms with van der Waals surface area (Å²) in [5.74, 6) is 0.696. The molecule has 2 aliphatic rings. The first-order chi connectivity index (χ1) is 7.68. The van der Waals surface area contributed by atoms with Crippen LogP contribution in [0.4, 0.5) is 0 Å². The van der Waals surface area contributed by atoms with E-state index >= 15 is 0 Å². The summed E-state index contributed by atoms with van der Waals surface area (Å²) in [5, 5.41) is 3.70. The average Bonchev–Trinajstić information content (AvgIpc) is 2.96. The minimum absolute atomic E-state index is 0. The summed E-state index contributed by atoms with van der Waals surface area (Å²) >= 11 is 6.11. The second kappa shape index (κ2) is 4.63. The summed E-state index contributed by atoms with van der Waals surface area (Å²) in [4.78, 5) is 12.1. The van der Waals surface area contributed by atoms with Crippen LogP contribution in [-0.4, -0.2) is 4.57 Å². The molecule has 1 aliphatic heterocycles. The van der Waals surface area contributed by atoms with E-state index in [0.717, 1.165) is 30.9 Å². The number of nitrogens with zero attached hydrogens (tertiary/aromatic N) is 1. The summed E-state index contributed by atoms with van der Waals surface area (Å²) in [6.45, 7) is 4.43. The normalized spacial score (nSPS) is 17.8. The van der Waals surface area contributed by atoms with Gasteiger partial charge in [0.25, 0.3) is 5.56 Å². The van der Waals surface area contributed by atoms with E-state index < -0.39 is 0 Å². The summed E-state index contributed by atoms with van der Waals surface area (Å²) in [7, 11) is 0. The molecular weight excluding hydrogens is 259 g/mol. The second-order valence-electron chi connectivity index (χ2n) is 4.83. The highest BCUT2D eigenvalue weighted by atomic mass is 35.5. The fourth-order valence-corrected chi connectivity index (χ4v) is 2.62. The van der Waals surface area contributed by atoms with Crippen molar-refractivity contribution in [3.63, 3.8) is 0 Å². The number of hydrogen-bond donors (Lipinski definition) is 1. The van der Waals surface area contributed by atoms with Crippen LogP contribution in [-0.2, 0) is 19.6 Å². The van der Waals surface area contributed by atoms with E-state index in [2.05, 4.69) is 5.32 Å². The molecule has 0 amide bonds. The lowest BCUT2D eigenvalue weighted by atomic mass is 10.1. The van der Waals surface area contributed by atoms with Gasteiger partial charge in [-0.3, -0.25) is 4.79 Å². The Bertz CT molecular complexity index is 506. The molecule has 1 fully saturated rings.